The van der Waals surface area contributed by atoms with Crippen LogP contribution in [-0.2, 0) is 5.75 Å². The van der Waals surface area contributed by atoms with Crippen LogP contribution in [0.2, 0.25) is 0 Å². The normalized spacial score (nSPS) is 11.1. The highest BCUT2D eigenvalue weighted by atomic mass is 32.2. The summed E-state index contributed by atoms with van der Waals surface area (Å²) in [4.78, 5) is 29.8. The maximum Gasteiger partial charge on any atom is 0.271 e. The number of carbonyl (C=O) groups excluding carboxylic acids is 1. The van der Waals surface area contributed by atoms with Crippen molar-refractivity contribution in [3.8, 4) is 0 Å². The van der Waals surface area contributed by atoms with E-state index in [9.17, 15) is 9.59 Å². The Labute approximate surface area is 177 Å². The number of hydrazone groups is 1. The summed E-state index contributed by atoms with van der Waals surface area (Å²) >= 11 is 1.46. The smallest absolute Gasteiger partial charge is 0.268 e. The lowest BCUT2D eigenvalue weighted by Gasteiger charge is -2.08. The SMILES string of the molecule is O=C(N/N=C\c1c(SCc2ccccc2)nc2ccccn2c1=O)c1ccccc1. The van der Waals surface area contributed by atoms with Crippen LogP contribution in [0.25, 0.3) is 5.65 Å². The van der Waals surface area contributed by atoms with Crippen molar-refractivity contribution in [1.82, 2.24) is 14.8 Å². The second-order valence-corrected chi connectivity index (χ2v) is 7.37. The van der Waals surface area contributed by atoms with Crippen LogP contribution in [-0.4, -0.2) is 21.5 Å². The summed E-state index contributed by atoms with van der Waals surface area (Å²) in [7, 11) is 0. The number of hydrogen-bond donors (Lipinski definition) is 1. The van der Waals surface area contributed by atoms with Gasteiger partial charge in [0.1, 0.15) is 10.7 Å². The van der Waals surface area contributed by atoms with Crippen molar-refractivity contribution in [2.24, 2.45) is 5.10 Å². The predicted octanol–water partition coefficient (Wildman–Crippen LogP) is 3.75. The molecule has 2 heterocycles. The summed E-state index contributed by atoms with van der Waals surface area (Å²) in [6.07, 6.45) is 3.03. The number of aromatic nitrogens is 2. The van der Waals surface area contributed by atoms with Gasteiger partial charge in [0, 0.05) is 17.5 Å². The number of nitrogens with zero attached hydrogens (tertiary/aromatic N) is 3. The Morgan fingerprint density at radius 3 is 2.47 bits per heavy atom. The molecule has 0 aliphatic carbocycles. The fourth-order valence-electron chi connectivity index (χ4n) is 2.84. The van der Waals surface area contributed by atoms with Crippen molar-refractivity contribution >= 4 is 29.5 Å². The second-order valence-electron chi connectivity index (χ2n) is 6.40. The van der Waals surface area contributed by atoms with Crippen molar-refractivity contribution in [3.63, 3.8) is 0 Å². The average molecular weight is 414 g/mol. The van der Waals surface area contributed by atoms with Crippen LogP contribution in [0.4, 0.5) is 0 Å². The Hall–Kier alpha value is -3.71. The second kappa shape index (κ2) is 9.19. The van der Waals surface area contributed by atoms with Crippen molar-refractivity contribution < 1.29 is 4.79 Å². The number of hydrogen-bond acceptors (Lipinski definition) is 5. The molecular formula is C23H18N4O2S. The third-order valence-electron chi connectivity index (χ3n) is 4.35. The van der Waals surface area contributed by atoms with Gasteiger partial charge in [0.15, 0.2) is 0 Å². The first-order valence-electron chi connectivity index (χ1n) is 9.29. The zero-order valence-electron chi connectivity index (χ0n) is 15.9. The number of benzene rings is 2. The summed E-state index contributed by atoms with van der Waals surface area (Å²) < 4.78 is 1.47. The van der Waals surface area contributed by atoms with E-state index in [4.69, 9.17) is 0 Å². The zero-order valence-corrected chi connectivity index (χ0v) is 16.8. The molecule has 0 atom stereocenters. The van der Waals surface area contributed by atoms with E-state index < -0.39 is 0 Å². The lowest BCUT2D eigenvalue weighted by atomic mass is 10.2. The average Bonchev–Trinajstić information content (AvgIpc) is 2.80. The van der Waals surface area contributed by atoms with Gasteiger partial charge >= 0.3 is 0 Å². The Bertz CT molecular complexity index is 1250. The van der Waals surface area contributed by atoms with Gasteiger partial charge in [-0.3, -0.25) is 14.0 Å². The minimum Gasteiger partial charge on any atom is -0.268 e. The molecule has 0 unspecified atom stereocenters. The molecule has 2 aromatic carbocycles. The zero-order chi connectivity index (χ0) is 20.8. The van der Waals surface area contributed by atoms with Crippen LogP contribution in [0.1, 0.15) is 21.5 Å². The van der Waals surface area contributed by atoms with E-state index in [0.717, 1.165) is 5.56 Å². The van der Waals surface area contributed by atoms with E-state index in [1.165, 1.54) is 22.4 Å². The van der Waals surface area contributed by atoms with Crippen LogP contribution in [0.15, 0.2) is 100.0 Å². The molecule has 0 saturated carbocycles. The number of carbonyl (C=O) groups is 1. The molecule has 0 fully saturated rings. The molecule has 4 aromatic rings. The van der Waals surface area contributed by atoms with Gasteiger partial charge in [0.25, 0.3) is 11.5 Å². The van der Waals surface area contributed by atoms with E-state index in [1.807, 2.05) is 42.5 Å². The number of nitrogens with one attached hydrogen (secondary N) is 1. The molecule has 0 spiro atoms. The molecule has 148 valence electrons. The summed E-state index contributed by atoms with van der Waals surface area (Å²) in [5.41, 5.74) is 4.72. The van der Waals surface area contributed by atoms with Gasteiger partial charge in [0.2, 0.25) is 0 Å². The molecule has 0 radical (unpaired) electrons. The van der Waals surface area contributed by atoms with Gasteiger partial charge in [-0.25, -0.2) is 10.4 Å². The molecule has 0 saturated heterocycles. The van der Waals surface area contributed by atoms with Gasteiger partial charge in [-0.15, -0.1) is 11.8 Å². The van der Waals surface area contributed by atoms with Crippen LogP contribution < -0.4 is 11.0 Å². The molecule has 0 aliphatic rings. The topological polar surface area (TPSA) is 75.8 Å². The maximum absolute atomic E-state index is 13.0. The van der Waals surface area contributed by atoms with Crippen LogP contribution >= 0.6 is 11.8 Å². The Morgan fingerprint density at radius 1 is 1.00 bits per heavy atom. The third-order valence-corrected chi connectivity index (χ3v) is 5.41. The predicted molar refractivity (Wildman–Crippen MR) is 119 cm³/mol. The molecule has 0 aliphatic heterocycles. The van der Waals surface area contributed by atoms with Gasteiger partial charge in [-0.1, -0.05) is 54.6 Å². The van der Waals surface area contributed by atoms with Crippen LogP contribution in [0.3, 0.4) is 0 Å². The number of amides is 1. The molecule has 30 heavy (non-hydrogen) atoms. The summed E-state index contributed by atoms with van der Waals surface area (Å²) in [5.74, 6) is 0.312. The Morgan fingerprint density at radius 2 is 1.70 bits per heavy atom. The van der Waals surface area contributed by atoms with Crippen molar-refractivity contribution in [2.45, 2.75) is 10.8 Å². The molecule has 2 aromatic heterocycles. The van der Waals surface area contributed by atoms with Gasteiger partial charge in [-0.2, -0.15) is 5.10 Å². The third kappa shape index (κ3) is 4.47. The highest BCUT2D eigenvalue weighted by Crippen LogP contribution is 2.22. The first-order chi connectivity index (χ1) is 14.7. The molecule has 6 nitrogen and oxygen atoms in total. The molecule has 1 N–H and O–H groups in total. The van der Waals surface area contributed by atoms with Crippen LogP contribution in [0.5, 0.6) is 0 Å². The van der Waals surface area contributed by atoms with Crippen LogP contribution in [0, 0.1) is 0 Å². The number of pyridine rings is 1. The lowest BCUT2D eigenvalue weighted by Crippen LogP contribution is -2.23. The molecule has 4 rings (SSSR count). The Balaban J connectivity index is 1.63. The maximum atomic E-state index is 13.0. The number of thioether (sulfide) groups is 1. The first-order valence-corrected chi connectivity index (χ1v) is 10.3. The largest absolute Gasteiger partial charge is 0.271 e. The summed E-state index contributed by atoms with van der Waals surface area (Å²) in [6.45, 7) is 0. The number of rotatable bonds is 6. The van der Waals surface area contributed by atoms with Crippen molar-refractivity contribution in [2.75, 3.05) is 0 Å². The monoisotopic (exact) mass is 414 g/mol. The minimum absolute atomic E-state index is 0.242. The standard InChI is InChI=1S/C23H18N4O2S/c28-21(18-11-5-2-6-12-18)26-24-15-19-22(30-16-17-9-3-1-4-10-17)25-20-13-7-8-14-27(20)23(19)29/h1-15H,16H2,(H,26,28)/b24-15-. The molecule has 7 heteroatoms. The summed E-state index contributed by atoms with van der Waals surface area (Å²) in [5, 5.41) is 4.57. The van der Waals surface area contributed by atoms with Gasteiger partial charge < -0.3 is 0 Å². The highest BCUT2D eigenvalue weighted by molar-refractivity contribution is 7.98. The highest BCUT2D eigenvalue weighted by Gasteiger charge is 2.12. The first kappa shape index (κ1) is 19.6. The molecule has 1 amide bonds. The van der Waals surface area contributed by atoms with E-state index >= 15 is 0 Å². The molecule has 0 bridgehead atoms. The van der Waals surface area contributed by atoms with Crippen molar-refractivity contribution in [3.05, 3.63) is 112 Å². The van der Waals surface area contributed by atoms with E-state index in [2.05, 4.69) is 15.5 Å². The summed E-state index contributed by atoms with van der Waals surface area (Å²) in [6, 6.07) is 24.1. The van der Waals surface area contributed by atoms with Crippen molar-refractivity contribution in [1.29, 1.82) is 0 Å². The fraction of sp³-hybridized carbons (Fsp3) is 0.0435. The van der Waals surface area contributed by atoms with E-state index in [0.29, 0.717) is 27.6 Å². The lowest BCUT2D eigenvalue weighted by molar-refractivity contribution is 0.0955. The van der Waals surface area contributed by atoms with Gasteiger partial charge in [-0.05, 0) is 29.8 Å². The molecular weight excluding hydrogens is 396 g/mol. The quantitative estimate of drug-likeness (QED) is 0.226. The van der Waals surface area contributed by atoms with Gasteiger partial charge in [0.05, 0.1) is 11.8 Å². The minimum atomic E-state index is -0.348. The Kier molecular flexibility index (Phi) is 6.01. The fourth-order valence-corrected chi connectivity index (χ4v) is 3.79. The number of fused-ring (bicyclic) bond motifs is 1. The van der Waals surface area contributed by atoms with E-state index in [1.54, 1.807) is 42.6 Å². The van der Waals surface area contributed by atoms with E-state index in [-0.39, 0.29) is 11.5 Å².